The lowest BCUT2D eigenvalue weighted by Crippen LogP contribution is -2.24. The number of nitrogens with zero attached hydrogens (tertiary/aromatic N) is 4. The van der Waals surface area contributed by atoms with Crippen LogP contribution in [0, 0.1) is 5.92 Å². The van der Waals surface area contributed by atoms with Crippen molar-refractivity contribution in [2.45, 2.75) is 58.9 Å². The van der Waals surface area contributed by atoms with Crippen molar-refractivity contribution in [3.63, 3.8) is 0 Å². The van der Waals surface area contributed by atoms with E-state index >= 15 is 0 Å². The van der Waals surface area contributed by atoms with Gasteiger partial charge in [0.1, 0.15) is 0 Å². The van der Waals surface area contributed by atoms with Gasteiger partial charge in [-0.15, -0.1) is 0 Å². The minimum Gasteiger partial charge on any atom is -0.368 e. The zero-order valence-electron chi connectivity index (χ0n) is 13.5. The van der Waals surface area contributed by atoms with Crippen LogP contribution in [0.15, 0.2) is 0 Å². The Balaban J connectivity index is 1.92. The molecule has 1 aliphatic heterocycles. The summed E-state index contributed by atoms with van der Waals surface area (Å²) >= 11 is 0. The Bertz CT molecular complexity index is 442. The van der Waals surface area contributed by atoms with Gasteiger partial charge in [0.2, 0.25) is 17.8 Å². The van der Waals surface area contributed by atoms with Gasteiger partial charge in [-0.25, -0.2) is 0 Å². The summed E-state index contributed by atoms with van der Waals surface area (Å²) in [6, 6.07) is 0.344. The molecule has 0 radical (unpaired) electrons. The summed E-state index contributed by atoms with van der Waals surface area (Å²) in [5.41, 5.74) is 5.81. The maximum atomic E-state index is 5.81. The number of nitrogen functional groups attached to an aromatic ring is 1. The second-order valence-corrected chi connectivity index (χ2v) is 6.38. The molecule has 1 saturated heterocycles. The van der Waals surface area contributed by atoms with E-state index in [0.717, 1.165) is 25.4 Å². The molecule has 118 valence electrons. The molecule has 2 rings (SSSR count). The van der Waals surface area contributed by atoms with Gasteiger partial charge >= 0.3 is 0 Å². The van der Waals surface area contributed by atoms with Crippen LogP contribution in [0.3, 0.4) is 0 Å². The number of anilines is 3. The number of aromatic nitrogens is 3. The zero-order valence-corrected chi connectivity index (χ0v) is 13.5. The monoisotopic (exact) mass is 292 g/mol. The molecular formula is C15H28N6. The van der Waals surface area contributed by atoms with Crippen molar-refractivity contribution in [1.29, 1.82) is 0 Å². The van der Waals surface area contributed by atoms with Crippen molar-refractivity contribution in [2.24, 2.45) is 5.92 Å². The minimum atomic E-state index is 0.295. The van der Waals surface area contributed by atoms with Gasteiger partial charge in [0.15, 0.2) is 0 Å². The largest absolute Gasteiger partial charge is 0.368 e. The zero-order chi connectivity index (χ0) is 15.2. The standard InChI is InChI=1S/C15H28N6/c1-11(2)7-6-8-12(3)17-14-18-13(16)19-15(20-14)21-9-4-5-10-21/h11-12H,4-10H2,1-3H3,(H3,16,17,18,19,20). The minimum absolute atomic E-state index is 0.295. The van der Waals surface area contributed by atoms with Crippen molar-refractivity contribution in [3.8, 4) is 0 Å². The van der Waals surface area contributed by atoms with Gasteiger partial charge in [-0.3, -0.25) is 0 Å². The topological polar surface area (TPSA) is 80.0 Å². The number of hydrogen-bond donors (Lipinski definition) is 2. The predicted octanol–water partition coefficient (Wildman–Crippen LogP) is 2.68. The van der Waals surface area contributed by atoms with E-state index in [9.17, 15) is 0 Å². The summed E-state index contributed by atoms with van der Waals surface area (Å²) in [6.45, 7) is 8.69. The van der Waals surface area contributed by atoms with Crippen LogP contribution >= 0.6 is 0 Å². The highest BCUT2D eigenvalue weighted by Gasteiger charge is 2.17. The third-order valence-electron chi connectivity index (χ3n) is 3.82. The fraction of sp³-hybridized carbons (Fsp3) is 0.800. The SMILES string of the molecule is CC(C)CCCC(C)Nc1nc(N)nc(N2CCCC2)n1. The van der Waals surface area contributed by atoms with Crippen molar-refractivity contribution in [3.05, 3.63) is 0 Å². The Morgan fingerprint density at radius 2 is 1.81 bits per heavy atom. The first kappa shape index (κ1) is 15.8. The Morgan fingerprint density at radius 3 is 2.48 bits per heavy atom. The third kappa shape index (κ3) is 5.02. The summed E-state index contributed by atoms with van der Waals surface area (Å²) < 4.78 is 0. The molecule has 1 unspecified atom stereocenters. The van der Waals surface area contributed by atoms with Crippen LogP contribution in [0.4, 0.5) is 17.8 Å². The molecule has 0 spiro atoms. The van der Waals surface area contributed by atoms with E-state index in [1.165, 1.54) is 25.7 Å². The van der Waals surface area contributed by atoms with E-state index < -0.39 is 0 Å². The number of nitrogens with two attached hydrogens (primary N) is 1. The van der Waals surface area contributed by atoms with Gasteiger partial charge in [0.25, 0.3) is 0 Å². The molecule has 1 aliphatic rings. The first-order chi connectivity index (χ1) is 10.0. The lowest BCUT2D eigenvalue weighted by molar-refractivity contribution is 0.519. The van der Waals surface area contributed by atoms with Crippen molar-refractivity contribution in [1.82, 2.24) is 15.0 Å². The van der Waals surface area contributed by atoms with E-state index in [0.29, 0.717) is 23.9 Å². The Morgan fingerprint density at radius 1 is 1.10 bits per heavy atom. The van der Waals surface area contributed by atoms with E-state index in [2.05, 4.69) is 45.9 Å². The first-order valence-corrected chi connectivity index (χ1v) is 8.07. The van der Waals surface area contributed by atoms with Gasteiger partial charge in [-0.05, 0) is 32.1 Å². The molecule has 1 aromatic rings. The van der Waals surface area contributed by atoms with Crippen LogP contribution in [-0.4, -0.2) is 34.1 Å². The molecule has 0 aromatic carbocycles. The molecule has 2 heterocycles. The highest BCUT2D eigenvalue weighted by molar-refractivity contribution is 5.42. The maximum Gasteiger partial charge on any atom is 0.231 e. The molecular weight excluding hydrogens is 264 g/mol. The molecule has 0 saturated carbocycles. The second kappa shape index (κ2) is 7.43. The van der Waals surface area contributed by atoms with Crippen LogP contribution < -0.4 is 16.0 Å². The Kier molecular flexibility index (Phi) is 5.59. The normalized spacial score (nSPS) is 16.5. The lowest BCUT2D eigenvalue weighted by Gasteiger charge is -2.18. The van der Waals surface area contributed by atoms with Gasteiger partial charge < -0.3 is 16.0 Å². The summed E-state index contributed by atoms with van der Waals surface area (Å²) in [6.07, 6.45) is 5.97. The summed E-state index contributed by atoms with van der Waals surface area (Å²) in [4.78, 5) is 15.1. The third-order valence-corrected chi connectivity index (χ3v) is 3.82. The molecule has 3 N–H and O–H groups in total. The van der Waals surface area contributed by atoms with Gasteiger partial charge in [-0.1, -0.05) is 26.7 Å². The molecule has 0 amide bonds. The van der Waals surface area contributed by atoms with E-state index in [-0.39, 0.29) is 0 Å². The van der Waals surface area contributed by atoms with E-state index in [4.69, 9.17) is 5.73 Å². The van der Waals surface area contributed by atoms with Crippen LogP contribution in [0.2, 0.25) is 0 Å². The van der Waals surface area contributed by atoms with Crippen molar-refractivity contribution >= 4 is 17.8 Å². The van der Waals surface area contributed by atoms with Crippen LogP contribution in [-0.2, 0) is 0 Å². The summed E-state index contributed by atoms with van der Waals surface area (Å²) in [5, 5.41) is 3.35. The molecule has 21 heavy (non-hydrogen) atoms. The number of nitrogens with one attached hydrogen (secondary N) is 1. The maximum absolute atomic E-state index is 5.81. The highest BCUT2D eigenvalue weighted by Crippen LogP contribution is 2.18. The predicted molar refractivity (Wildman–Crippen MR) is 87.5 cm³/mol. The van der Waals surface area contributed by atoms with Gasteiger partial charge in [0, 0.05) is 19.1 Å². The molecule has 6 nitrogen and oxygen atoms in total. The number of rotatable bonds is 7. The molecule has 1 aromatic heterocycles. The molecule has 6 heteroatoms. The molecule has 0 bridgehead atoms. The average Bonchev–Trinajstić information content (AvgIpc) is 2.91. The van der Waals surface area contributed by atoms with Gasteiger partial charge in [0.05, 0.1) is 0 Å². The fourth-order valence-corrected chi connectivity index (χ4v) is 2.63. The lowest BCUT2D eigenvalue weighted by atomic mass is 10.0. The average molecular weight is 292 g/mol. The Hall–Kier alpha value is -1.59. The van der Waals surface area contributed by atoms with E-state index in [1.807, 2.05) is 0 Å². The molecule has 0 aliphatic carbocycles. The van der Waals surface area contributed by atoms with Crippen LogP contribution in [0.25, 0.3) is 0 Å². The first-order valence-electron chi connectivity index (χ1n) is 8.07. The van der Waals surface area contributed by atoms with Crippen molar-refractivity contribution in [2.75, 3.05) is 29.0 Å². The van der Waals surface area contributed by atoms with Crippen LogP contribution in [0.1, 0.15) is 52.9 Å². The molecule has 1 atom stereocenters. The smallest absolute Gasteiger partial charge is 0.231 e. The number of hydrogen-bond acceptors (Lipinski definition) is 6. The van der Waals surface area contributed by atoms with Gasteiger partial charge in [-0.2, -0.15) is 15.0 Å². The summed E-state index contributed by atoms with van der Waals surface area (Å²) in [7, 11) is 0. The Labute approximate surface area is 127 Å². The second-order valence-electron chi connectivity index (χ2n) is 6.38. The summed E-state index contributed by atoms with van der Waals surface area (Å²) in [5.74, 6) is 2.36. The van der Waals surface area contributed by atoms with Crippen LogP contribution in [0.5, 0.6) is 0 Å². The fourth-order valence-electron chi connectivity index (χ4n) is 2.63. The van der Waals surface area contributed by atoms with Crippen molar-refractivity contribution < 1.29 is 0 Å². The highest BCUT2D eigenvalue weighted by atomic mass is 15.3. The quantitative estimate of drug-likeness (QED) is 0.804. The van der Waals surface area contributed by atoms with E-state index in [1.54, 1.807) is 0 Å². The molecule has 1 fully saturated rings.